The molecule has 0 unspecified atom stereocenters. The van der Waals surface area contributed by atoms with Crippen molar-refractivity contribution in [2.45, 2.75) is 26.2 Å². The van der Waals surface area contributed by atoms with Gasteiger partial charge in [0.2, 0.25) is 5.91 Å². The van der Waals surface area contributed by atoms with Crippen molar-refractivity contribution in [3.63, 3.8) is 0 Å². The summed E-state index contributed by atoms with van der Waals surface area (Å²) in [6, 6.07) is 14.9. The normalized spacial score (nSPS) is 11.6. The van der Waals surface area contributed by atoms with Crippen molar-refractivity contribution in [3.05, 3.63) is 71.3 Å². The second kappa shape index (κ2) is 8.85. The second-order valence-electron chi connectivity index (χ2n) is 6.26. The van der Waals surface area contributed by atoms with E-state index in [4.69, 9.17) is 0 Å². The molecule has 6 heteroatoms. The number of nitrogens with zero attached hydrogens (tertiary/aromatic N) is 2. The number of hydrogen-bond acceptors (Lipinski definition) is 2. The van der Waals surface area contributed by atoms with Crippen molar-refractivity contribution in [1.29, 1.82) is 0 Å². The highest BCUT2D eigenvalue weighted by Gasteiger charge is 2.30. The number of alkyl halides is 3. The van der Waals surface area contributed by atoms with Crippen LogP contribution in [-0.2, 0) is 24.1 Å². The molecule has 0 radical (unpaired) electrons. The predicted octanol–water partition coefficient (Wildman–Crippen LogP) is 4.19. The van der Waals surface area contributed by atoms with Crippen LogP contribution in [0.15, 0.2) is 54.6 Å². The third-order valence-corrected chi connectivity index (χ3v) is 4.06. The molecule has 0 N–H and O–H groups in total. The van der Waals surface area contributed by atoms with Crippen molar-refractivity contribution < 1.29 is 18.0 Å². The number of carbonyl (C=O) groups excluding carboxylic acids is 1. The van der Waals surface area contributed by atoms with E-state index < -0.39 is 11.7 Å². The molecule has 2 aromatic carbocycles. The molecule has 0 saturated carbocycles. The molecule has 2 rings (SSSR count). The average molecular weight is 364 g/mol. The maximum absolute atomic E-state index is 12.8. The fourth-order valence-electron chi connectivity index (χ4n) is 2.72. The summed E-state index contributed by atoms with van der Waals surface area (Å²) >= 11 is 0. The number of amides is 1. The average Bonchev–Trinajstić information content (AvgIpc) is 2.59. The van der Waals surface area contributed by atoms with E-state index in [0.29, 0.717) is 18.7 Å². The van der Waals surface area contributed by atoms with Gasteiger partial charge in [-0.2, -0.15) is 13.2 Å². The summed E-state index contributed by atoms with van der Waals surface area (Å²) < 4.78 is 38.4. The van der Waals surface area contributed by atoms with E-state index in [0.717, 1.165) is 17.7 Å². The number of hydrogen-bond donors (Lipinski definition) is 0. The highest BCUT2D eigenvalue weighted by atomic mass is 19.4. The quantitative estimate of drug-likeness (QED) is 0.736. The smallest absolute Gasteiger partial charge is 0.338 e. The number of rotatable bonds is 7. The van der Waals surface area contributed by atoms with Gasteiger partial charge in [-0.3, -0.25) is 9.69 Å². The molecule has 0 fully saturated rings. The van der Waals surface area contributed by atoms with E-state index in [1.807, 2.05) is 37.3 Å². The minimum Gasteiger partial charge on any atom is -0.338 e. The summed E-state index contributed by atoms with van der Waals surface area (Å²) in [5.41, 5.74) is 0.901. The van der Waals surface area contributed by atoms with E-state index >= 15 is 0 Å². The van der Waals surface area contributed by atoms with Crippen LogP contribution in [0.4, 0.5) is 13.2 Å². The Labute approximate surface area is 152 Å². The molecule has 0 aliphatic rings. The van der Waals surface area contributed by atoms with Gasteiger partial charge in [0, 0.05) is 19.6 Å². The topological polar surface area (TPSA) is 23.6 Å². The Bertz CT molecular complexity index is 716. The fourth-order valence-corrected chi connectivity index (χ4v) is 2.72. The molecule has 0 aromatic heterocycles. The Morgan fingerprint density at radius 3 is 2.23 bits per heavy atom. The van der Waals surface area contributed by atoms with Gasteiger partial charge in [0.05, 0.1) is 12.1 Å². The summed E-state index contributed by atoms with van der Waals surface area (Å²) in [5.74, 6) is -0.0502. The molecular weight excluding hydrogens is 341 g/mol. The van der Waals surface area contributed by atoms with Crippen LogP contribution in [0.5, 0.6) is 0 Å². The largest absolute Gasteiger partial charge is 0.416 e. The molecule has 0 heterocycles. The molecule has 0 spiro atoms. The lowest BCUT2D eigenvalue weighted by atomic mass is 10.1. The lowest BCUT2D eigenvalue weighted by molar-refractivity contribution is -0.137. The maximum atomic E-state index is 12.8. The summed E-state index contributed by atoms with van der Waals surface area (Å²) in [5, 5.41) is 0. The molecule has 0 bridgehead atoms. The third-order valence-electron chi connectivity index (χ3n) is 4.06. The third kappa shape index (κ3) is 5.88. The highest BCUT2D eigenvalue weighted by molar-refractivity contribution is 5.78. The van der Waals surface area contributed by atoms with Crippen LogP contribution in [0, 0.1) is 0 Å². The van der Waals surface area contributed by atoms with Gasteiger partial charge < -0.3 is 4.90 Å². The lowest BCUT2D eigenvalue weighted by Crippen LogP contribution is -2.38. The Kier molecular flexibility index (Phi) is 6.80. The molecule has 1 amide bonds. The highest BCUT2D eigenvalue weighted by Crippen LogP contribution is 2.29. The van der Waals surface area contributed by atoms with Gasteiger partial charge in [-0.25, -0.2) is 0 Å². The van der Waals surface area contributed by atoms with Crippen LogP contribution in [0.25, 0.3) is 0 Å². The molecule has 0 aliphatic heterocycles. The van der Waals surface area contributed by atoms with E-state index in [2.05, 4.69) is 0 Å². The Hall–Kier alpha value is -2.34. The monoisotopic (exact) mass is 364 g/mol. The Morgan fingerprint density at radius 1 is 0.962 bits per heavy atom. The molecule has 0 atom stereocenters. The van der Waals surface area contributed by atoms with Crippen molar-refractivity contribution in [3.8, 4) is 0 Å². The number of likely N-dealkylation sites (N-methyl/N-ethyl adjacent to an activating group) is 2. The van der Waals surface area contributed by atoms with Crippen LogP contribution >= 0.6 is 0 Å². The minimum atomic E-state index is -4.36. The van der Waals surface area contributed by atoms with Gasteiger partial charge in [0.1, 0.15) is 0 Å². The molecule has 3 nitrogen and oxygen atoms in total. The molecule has 140 valence electrons. The Morgan fingerprint density at radius 2 is 1.62 bits per heavy atom. The number of benzene rings is 2. The first kappa shape index (κ1) is 20.0. The van der Waals surface area contributed by atoms with Gasteiger partial charge in [-0.15, -0.1) is 0 Å². The molecule has 0 saturated heterocycles. The van der Waals surface area contributed by atoms with Crippen LogP contribution in [-0.4, -0.2) is 35.8 Å². The van der Waals surface area contributed by atoms with Crippen molar-refractivity contribution in [2.75, 3.05) is 20.1 Å². The summed E-state index contributed by atoms with van der Waals surface area (Å²) in [6.07, 6.45) is -4.36. The zero-order chi connectivity index (χ0) is 19.2. The number of carbonyl (C=O) groups is 1. The fraction of sp³-hybridized carbons (Fsp3) is 0.350. The summed E-state index contributed by atoms with van der Waals surface area (Å²) in [6.45, 7) is 3.43. The standard InChI is InChI=1S/C20H23F3N2O/c1-3-25(14-16-8-5-4-6-9-16)19(26)15-24(2)13-17-10-7-11-18(12-17)20(21,22)23/h4-12H,3,13-15H2,1-2H3. The number of halogens is 3. The molecular formula is C20H23F3N2O. The molecule has 2 aromatic rings. The van der Waals surface area contributed by atoms with Crippen LogP contribution in [0.2, 0.25) is 0 Å². The molecule has 26 heavy (non-hydrogen) atoms. The zero-order valence-electron chi connectivity index (χ0n) is 15.0. The molecule has 0 aliphatic carbocycles. The minimum absolute atomic E-state index is 0.0502. The van der Waals surface area contributed by atoms with Gasteiger partial charge in [-0.05, 0) is 31.2 Å². The first-order chi connectivity index (χ1) is 12.3. The van der Waals surface area contributed by atoms with E-state index in [9.17, 15) is 18.0 Å². The Balaban J connectivity index is 1.95. The SMILES string of the molecule is CCN(Cc1ccccc1)C(=O)CN(C)Cc1cccc(C(F)(F)F)c1. The first-order valence-corrected chi connectivity index (χ1v) is 8.46. The van der Waals surface area contributed by atoms with E-state index in [1.54, 1.807) is 22.9 Å². The zero-order valence-corrected chi connectivity index (χ0v) is 15.0. The van der Waals surface area contributed by atoms with Crippen LogP contribution in [0.3, 0.4) is 0 Å². The summed E-state index contributed by atoms with van der Waals surface area (Å²) in [7, 11) is 1.73. The van der Waals surface area contributed by atoms with E-state index in [1.165, 1.54) is 6.07 Å². The van der Waals surface area contributed by atoms with Crippen molar-refractivity contribution in [2.24, 2.45) is 0 Å². The first-order valence-electron chi connectivity index (χ1n) is 8.46. The maximum Gasteiger partial charge on any atom is 0.416 e. The van der Waals surface area contributed by atoms with Gasteiger partial charge in [-0.1, -0.05) is 48.5 Å². The lowest BCUT2D eigenvalue weighted by Gasteiger charge is -2.24. The van der Waals surface area contributed by atoms with Crippen molar-refractivity contribution >= 4 is 5.91 Å². The second-order valence-corrected chi connectivity index (χ2v) is 6.26. The van der Waals surface area contributed by atoms with E-state index in [-0.39, 0.29) is 19.0 Å². The summed E-state index contributed by atoms with van der Waals surface area (Å²) in [4.78, 5) is 16.0. The van der Waals surface area contributed by atoms with Crippen LogP contribution < -0.4 is 0 Å². The van der Waals surface area contributed by atoms with Crippen molar-refractivity contribution in [1.82, 2.24) is 9.80 Å². The van der Waals surface area contributed by atoms with Gasteiger partial charge in [0.25, 0.3) is 0 Å². The van der Waals surface area contributed by atoms with Gasteiger partial charge in [0.15, 0.2) is 0 Å². The predicted molar refractivity (Wildman–Crippen MR) is 95.3 cm³/mol. The van der Waals surface area contributed by atoms with Crippen LogP contribution in [0.1, 0.15) is 23.6 Å². The van der Waals surface area contributed by atoms with Gasteiger partial charge >= 0.3 is 6.18 Å².